The van der Waals surface area contributed by atoms with Crippen molar-refractivity contribution in [1.82, 2.24) is 29.2 Å². The highest BCUT2D eigenvalue weighted by atomic mass is 31.1. The standard InChI is InChI=1S/C41H46FN6O3P.C6H8N2O2/c1-5-52(6-2)33-10-8-32(9-11-33)47-17-18-48(41(47)50)39(44-31-21-26(3)38(42)27(4)22-31)34-25-46(16-13-35(34)43)40(49)37-24-30-23-29(7-12-36(30)45-37)28-14-19-51-20-15-28;1-3-2-4(3)5-7-6(9)10-8-5/h7-12,17-18,21-24,28,45H,5-6,13-16,19-20,25,43H2,1-4H3;3-4H,2H2,1H3,(H,7,8,9). The van der Waals surface area contributed by atoms with Crippen LogP contribution in [0.1, 0.15) is 91.3 Å². The summed E-state index contributed by atoms with van der Waals surface area (Å²) in [6, 6.07) is 19.8. The summed E-state index contributed by atoms with van der Waals surface area (Å²) in [5.41, 5.74) is 12.3. The minimum Gasteiger partial charge on any atom is -0.402 e. The topological polar surface area (TPSA) is 170 Å². The Morgan fingerprint density at radius 2 is 1.69 bits per heavy atom. The largest absolute Gasteiger partial charge is 0.438 e. The average Bonchev–Trinajstić information content (AvgIpc) is 3.56. The van der Waals surface area contributed by atoms with Crippen LogP contribution in [0.4, 0.5) is 10.1 Å². The van der Waals surface area contributed by atoms with Gasteiger partial charge in [-0.2, -0.15) is 0 Å². The van der Waals surface area contributed by atoms with Gasteiger partial charge in [-0.15, -0.1) is 0 Å². The summed E-state index contributed by atoms with van der Waals surface area (Å²) in [6.07, 6.45) is 9.12. The number of aromatic nitrogens is 5. The summed E-state index contributed by atoms with van der Waals surface area (Å²) < 4.78 is 27.6. The van der Waals surface area contributed by atoms with E-state index in [4.69, 9.17) is 15.5 Å². The van der Waals surface area contributed by atoms with E-state index in [-0.39, 0.29) is 31.9 Å². The number of fused-ring (bicyclic) bond motifs is 1. The van der Waals surface area contributed by atoms with Crippen LogP contribution >= 0.6 is 7.92 Å². The number of H-pyrrole nitrogens is 2. The van der Waals surface area contributed by atoms with Crippen LogP contribution in [0.5, 0.6) is 0 Å². The van der Waals surface area contributed by atoms with Crippen molar-refractivity contribution in [3.8, 4) is 5.69 Å². The van der Waals surface area contributed by atoms with Crippen molar-refractivity contribution in [1.29, 1.82) is 0 Å². The lowest BCUT2D eigenvalue weighted by Crippen LogP contribution is -2.42. The predicted octanol–water partition coefficient (Wildman–Crippen LogP) is 7.74. The van der Waals surface area contributed by atoms with Crippen molar-refractivity contribution < 1.29 is 18.4 Å². The molecule has 15 heteroatoms. The third-order valence-corrected chi connectivity index (χ3v) is 14.9. The van der Waals surface area contributed by atoms with Gasteiger partial charge in [0.25, 0.3) is 5.91 Å². The number of amides is 1. The van der Waals surface area contributed by atoms with Crippen LogP contribution in [-0.4, -0.2) is 79.5 Å². The molecule has 0 spiro atoms. The van der Waals surface area contributed by atoms with Gasteiger partial charge in [-0.25, -0.2) is 19.0 Å². The van der Waals surface area contributed by atoms with E-state index in [0.717, 1.165) is 61.4 Å². The molecule has 13 nitrogen and oxygen atoms in total. The summed E-state index contributed by atoms with van der Waals surface area (Å²) in [7, 11) is -0.230. The highest BCUT2D eigenvalue weighted by Gasteiger charge is 2.37. The van der Waals surface area contributed by atoms with E-state index in [0.29, 0.717) is 76.2 Å². The number of rotatable bonds is 9. The van der Waals surface area contributed by atoms with Crippen molar-refractivity contribution >= 4 is 41.6 Å². The number of hydrogen-bond donors (Lipinski definition) is 3. The molecule has 2 atom stereocenters. The zero-order valence-corrected chi connectivity index (χ0v) is 36.8. The number of hydrogen-bond acceptors (Lipinski definition) is 8. The maximum absolute atomic E-state index is 14.7. The Morgan fingerprint density at radius 3 is 2.34 bits per heavy atom. The smallest absolute Gasteiger partial charge is 0.402 e. The molecule has 0 radical (unpaired) electrons. The van der Waals surface area contributed by atoms with E-state index in [1.165, 1.54) is 15.4 Å². The van der Waals surface area contributed by atoms with E-state index in [2.05, 4.69) is 64.7 Å². The number of nitrogens with two attached hydrogens (primary N) is 1. The SMILES string of the molecule is CC1CC1c1noc(=O)[nH]1.CCP(CC)c1ccc(-n2ccn(C(=Nc3cc(C)c(F)c(C)c3)C3=C(N)CCN(C(=O)c4cc5cc(C6CCOCC6)ccc5[nH]4)C3)c2=O)cc1. The number of aryl methyl sites for hydroxylation is 2. The molecule has 1 amide bonds. The van der Waals surface area contributed by atoms with Gasteiger partial charge in [0.1, 0.15) is 17.3 Å². The van der Waals surface area contributed by atoms with E-state index in [1.54, 1.807) is 47.8 Å². The molecule has 3 aromatic heterocycles. The molecule has 1 aliphatic carbocycles. The second-order valence-electron chi connectivity index (χ2n) is 16.5. The number of halogens is 1. The number of aromatic amines is 2. The summed E-state index contributed by atoms with van der Waals surface area (Å²) in [5, 5.41) is 5.88. The van der Waals surface area contributed by atoms with Gasteiger partial charge < -0.3 is 20.4 Å². The maximum atomic E-state index is 14.7. The third kappa shape index (κ3) is 9.03. The number of carbonyl (C=O) groups is 1. The zero-order chi connectivity index (χ0) is 43.7. The van der Waals surface area contributed by atoms with Crippen molar-refractivity contribution in [2.75, 3.05) is 38.6 Å². The summed E-state index contributed by atoms with van der Waals surface area (Å²) in [4.78, 5) is 51.3. The number of carbonyl (C=O) groups excluding carboxylic acids is 1. The van der Waals surface area contributed by atoms with Gasteiger partial charge in [-0.05, 0) is 122 Å². The number of nitrogens with one attached hydrogen (secondary N) is 2. The highest BCUT2D eigenvalue weighted by molar-refractivity contribution is 7.65. The average molecular weight is 861 g/mol. The fraction of sp³-hybridized carbons (Fsp3) is 0.383. The van der Waals surface area contributed by atoms with Gasteiger partial charge in [0.2, 0.25) is 0 Å². The molecule has 5 heterocycles. The van der Waals surface area contributed by atoms with Gasteiger partial charge >= 0.3 is 11.4 Å². The van der Waals surface area contributed by atoms with E-state index in [1.807, 2.05) is 24.3 Å². The summed E-state index contributed by atoms with van der Waals surface area (Å²) in [6.45, 7) is 12.0. The molecular formula is C47H54FN8O5P. The molecule has 1 saturated carbocycles. The predicted molar refractivity (Wildman–Crippen MR) is 243 cm³/mol. The molecule has 324 valence electrons. The van der Waals surface area contributed by atoms with Crippen molar-refractivity contribution in [2.45, 2.75) is 72.1 Å². The minimum atomic E-state index is -0.450. The zero-order valence-electron chi connectivity index (χ0n) is 35.9. The van der Waals surface area contributed by atoms with Gasteiger partial charge in [0.15, 0.2) is 5.82 Å². The molecule has 6 aromatic rings. The molecule has 2 unspecified atom stereocenters. The molecule has 2 aliphatic heterocycles. The lowest BCUT2D eigenvalue weighted by Gasteiger charge is -2.30. The van der Waals surface area contributed by atoms with E-state index in [9.17, 15) is 18.8 Å². The van der Waals surface area contributed by atoms with Crippen LogP contribution in [0.15, 0.2) is 103 Å². The molecular weight excluding hydrogens is 807 g/mol. The Balaban J connectivity index is 0.000000461. The number of benzene rings is 3. The molecule has 1 saturated heterocycles. The monoisotopic (exact) mass is 860 g/mol. The first-order valence-electron chi connectivity index (χ1n) is 21.5. The second kappa shape index (κ2) is 18.2. The van der Waals surface area contributed by atoms with Gasteiger partial charge in [-0.3, -0.25) is 23.4 Å². The van der Waals surface area contributed by atoms with Gasteiger partial charge in [-0.1, -0.05) is 52.0 Å². The lowest BCUT2D eigenvalue weighted by atomic mass is 9.91. The third-order valence-electron chi connectivity index (χ3n) is 12.3. The molecule has 62 heavy (non-hydrogen) atoms. The number of aliphatic imine (C=N–C) groups is 1. The van der Waals surface area contributed by atoms with Crippen molar-refractivity contribution in [3.05, 3.63) is 139 Å². The Morgan fingerprint density at radius 1 is 0.984 bits per heavy atom. The molecule has 9 rings (SSSR count). The normalized spacial score (nSPS) is 18.4. The number of ether oxygens (including phenoxy) is 1. The van der Waals surface area contributed by atoms with Crippen LogP contribution in [0.2, 0.25) is 0 Å². The van der Waals surface area contributed by atoms with Gasteiger partial charge in [0, 0.05) is 66.7 Å². The molecule has 3 aliphatic rings. The molecule has 0 bridgehead atoms. The van der Waals surface area contributed by atoms with Crippen LogP contribution < -0.4 is 22.5 Å². The first kappa shape index (κ1) is 42.8. The molecule has 3 aromatic carbocycles. The van der Waals surface area contributed by atoms with E-state index >= 15 is 0 Å². The van der Waals surface area contributed by atoms with Crippen molar-refractivity contribution in [2.24, 2.45) is 16.6 Å². The van der Waals surface area contributed by atoms with Crippen molar-refractivity contribution in [3.63, 3.8) is 0 Å². The first-order valence-corrected chi connectivity index (χ1v) is 23.2. The Bertz CT molecular complexity index is 2740. The quantitative estimate of drug-likeness (QED) is 0.0759. The Hall–Kier alpha value is -5.85. The van der Waals surface area contributed by atoms with Gasteiger partial charge in [0.05, 0.1) is 17.9 Å². The highest BCUT2D eigenvalue weighted by Crippen LogP contribution is 2.44. The van der Waals surface area contributed by atoms with Crippen LogP contribution in [0, 0.1) is 25.6 Å². The first-order chi connectivity index (χ1) is 29.9. The summed E-state index contributed by atoms with van der Waals surface area (Å²) in [5.74, 6) is 1.64. The minimum absolute atomic E-state index is 0.148. The van der Waals surface area contributed by atoms with E-state index < -0.39 is 5.76 Å². The summed E-state index contributed by atoms with van der Waals surface area (Å²) >= 11 is 0. The van der Waals surface area contributed by atoms with Crippen LogP contribution in [0.3, 0.4) is 0 Å². The number of imidazole rings is 1. The number of nitrogens with zero attached hydrogens (tertiary/aromatic N) is 5. The lowest BCUT2D eigenvalue weighted by molar-refractivity contribution is 0.0761. The fourth-order valence-electron chi connectivity index (χ4n) is 8.52. The Labute approximate surface area is 360 Å². The van der Waals surface area contributed by atoms with Crippen LogP contribution in [0.25, 0.3) is 16.6 Å². The molecule has 4 N–H and O–H groups in total. The maximum Gasteiger partial charge on any atom is 0.438 e. The molecule has 2 fully saturated rings. The Kier molecular flexibility index (Phi) is 12.6. The fourth-order valence-corrected chi connectivity index (χ4v) is 10.3. The van der Waals surface area contributed by atoms with Crippen LogP contribution in [-0.2, 0) is 4.74 Å². The second-order valence-corrected chi connectivity index (χ2v) is 19.4.